The number of nitrogens with one attached hydrogen (secondary N) is 2. The predicted molar refractivity (Wildman–Crippen MR) is 110 cm³/mol. The third-order valence-corrected chi connectivity index (χ3v) is 7.08. The van der Waals surface area contributed by atoms with Gasteiger partial charge in [-0.3, -0.25) is 14.9 Å². The molecule has 2 amide bonds. The number of hydrogen-bond acceptors (Lipinski definition) is 6. The Hall–Kier alpha value is -1.93. The molecule has 0 saturated carbocycles. The summed E-state index contributed by atoms with van der Waals surface area (Å²) in [5.74, 6) is -0.352. The van der Waals surface area contributed by atoms with Gasteiger partial charge in [0.25, 0.3) is 5.91 Å². The molecule has 0 bridgehead atoms. The topological polar surface area (TPSA) is 84.0 Å². The molecule has 2 N–H and O–H groups in total. The molecule has 144 valence electrons. The molecule has 2 atom stereocenters. The van der Waals surface area contributed by atoms with Gasteiger partial charge in [0.2, 0.25) is 11.0 Å². The quantitative estimate of drug-likeness (QED) is 0.656. The average Bonchev–Trinajstić information content (AvgIpc) is 3.11. The number of para-hydroxylation sites is 1. The van der Waals surface area contributed by atoms with E-state index < -0.39 is 4.75 Å². The zero-order chi connectivity index (χ0) is 19.4. The highest BCUT2D eigenvalue weighted by Gasteiger charge is 2.46. The lowest BCUT2D eigenvalue weighted by molar-refractivity contribution is -0.126. The van der Waals surface area contributed by atoms with E-state index in [2.05, 4.69) is 34.7 Å². The van der Waals surface area contributed by atoms with Crippen LogP contribution in [0.2, 0.25) is 0 Å². The number of rotatable bonds is 7. The summed E-state index contributed by atoms with van der Waals surface area (Å²) < 4.78 is -1.26. The number of fused-ring (bicyclic) bond motifs is 1. The standard InChI is InChI=1S/C19H24N4O2S2/c1-4-6-9-12(5-2)15-22-23-18(26-15)21-17(25)19(3)16(24)20-13-10-7-8-11-14(13)27-19/h7-8,10-12H,4-6,9H2,1-3H3,(H,20,24)(H,21,23,25). The maximum atomic E-state index is 12.9. The van der Waals surface area contributed by atoms with Crippen LogP contribution >= 0.6 is 23.1 Å². The van der Waals surface area contributed by atoms with Gasteiger partial charge in [-0.15, -0.1) is 10.2 Å². The van der Waals surface area contributed by atoms with Crippen molar-refractivity contribution < 1.29 is 9.59 Å². The Balaban J connectivity index is 1.73. The van der Waals surface area contributed by atoms with Crippen LogP contribution in [0, 0.1) is 0 Å². The minimum Gasteiger partial charge on any atom is -0.323 e. The van der Waals surface area contributed by atoms with Gasteiger partial charge in [-0.25, -0.2) is 0 Å². The summed E-state index contributed by atoms with van der Waals surface area (Å²) in [4.78, 5) is 26.3. The molecule has 2 heterocycles. The van der Waals surface area contributed by atoms with Crippen LogP contribution in [0.1, 0.15) is 57.4 Å². The molecular weight excluding hydrogens is 380 g/mol. The smallest absolute Gasteiger partial charge is 0.252 e. The number of nitrogens with zero attached hydrogens (tertiary/aromatic N) is 2. The molecule has 0 fully saturated rings. The largest absolute Gasteiger partial charge is 0.323 e. The lowest BCUT2D eigenvalue weighted by Crippen LogP contribution is -2.49. The molecule has 2 unspecified atom stereocenters. The number of carbonyl (C=O) groups is 2. The van der Waals surface area contributed by atoms with Crippen molar-refractivity contribution >= 4 is 45.7 Å². The number of thioether (sulfide) groups is 1. The molecule has 2 aromatic rings. The second-order valence-electron chi connectivity index (χ2n) is 6.73. The normalized spacial score (nSPS) is 19.9. The number of anilines is 2. The number of aromatic nitrogens is 2. The minimum atomic E-state index is -1.26. The van der Waals surface area contributed by atoms with E-state index in [-0.39, 0.29) is 11.8 Å². The van der Waals surface area contributed by atoms with Crippen molar-refractivity contribution in [2.45, 2.75) is 62.0 Å². The predicted octanol–water partition coefficient (Wildman–Crippen LogP) is 4.66. The molecule has 0 aliphatic carbocycles. The first-order valence-electron chi connectivity index (χ1n) is 9.22. The summed E-state index contributed by atoms with van der Waals surface area (Å²) in [6, 6.07) is 7.47. The molecule has 27 heavy (non-hydrogen) atoms. The molecule has 3 rings (SSSR count). The number of unbranched alkanes of at least 4 members (excludes halogenated alkanes) is 1. The van der Waals surface area contributed by atoms with Gasteiger partial charge in [0.15, 0.2) is 4.75 Å². The monoisotopic (exact) mass is 404 g/mol. The van der Waals surface area contributed by atoms with E-state index in [9.17, 15) is 9.59 Å². The molecule has 8 heteroatoms. The van der Waals surface area contributed by atoms with E-state index in [1.54, 1.807) is 6.92 Å². The summed E-state index contributed by atoms with van der Waals surface area (Å²) in [5, 5.41) is 15.4. The van der Waals surface area contributed by atoms with E-state index in [1.807, 2.05) is 24.3 Å². The summed E-state index contributed by atoms with van der Waals surface area (Å²) >= 11 is 2.65. The number of amides is 2. The summed E-state index contributed by atoms with van der Waals surface area (Å²) in [6.45, 7) is 5.95. The fourth-order valence-corrected chi connectivity index (χ4v) is 4.99. The van der Waals surface area contributed by atoms with E-state index in [4.69, 9.17) is 0 Å². The molecule has 1 aliphatic heterocycles. The molecule has 1 aromatic carbocycles. The number of hydrogen-bond donors (Lipinski definition) is 2. The van der Waals surface area contributed by atoms with Gasteiger partial charge in [-0.05, 0) is 31.9 Å². The minimum absolute atomic E-state index is 0.331. The second-order valence-corrected chi connectivity index (χ2v) is 9.20. The lowest BCUT2D eigenvalue weighted by Gasteiger charge is -2.31. The summed E-state index contributed by atoms with van der Waals surface area (Å²) in [5.41, 5.74) is 0.734. The van der Waals surface area contributed by atoms with Crippen molar-refractivity contribution in [3.05, 3.63) is 29.3 Å². The molecule has 1 aliphatic rings. The zero-order valence-corrected chi connectivity index (χ0v) is 17.4. The van der Waals surface area contributed by atoms with Crippen LogP contribution in [0.5, 0.6) is 0 Å². The first kappa shape index (κ1) is 19.8. The highest BCUT2D eigenvalue weighted by Crippen LogP contribution is 2.43. The van der Waals surface area contributed by atoms with Crippen molar-refractivity contribution in [2.24, 2.45) is 0 Å². The van der Waals surface area contributed by atoms with E-state index >= 15 is 0 Å². The Kier molecular flexibility index (Phi) is 6.16. The van der Waals surface area contributed by atoms with E-state index in [0.29, 0.717) is 11.0 Å². The Labute approximate surface area is 167 Å². The van der Waals surface area contributed by atoms with Crippen LogP contribution in [0.4, 0.5) is 10.8 Å². The first-order valence-corrected chi connectivity index (χ1v) is 10.9. The van der Waals surface area contributed by atoms with E-state index in [0.717, 1.165) is 41.3 Å². The fourth-order valence-electron chi connectivity index (χ4n) is 2.94. The van der Waals surface area contributed by atoms with Crippen LogP contribution in [0.25, 0.3) is 0 Å². The third kappa shape index (κ3) is 4.16. The highest BCUT2D eigenvalue weighted by atomic mass is 32.2. The zero-order valence-electron chi connectivity index (χ0n) is 15.7. The molecule has 6 nitrogen and oxygen atoms in total. The molecule has 1 aromatic heterocycles. The van der Waals surface area contributed by atoms with Gasteiger partial charge < -0.3 is 5.32 Å². The van der Waals surface area contributed by atoms with Crippen LogP contribution in [0.3, 0.4) is 0 Å². The second kappa shape index (κ2) is 8.39. The van der Waals surface area contributed by atoms with Crippen molar-refractivity contribution in [2.75, 3.05) is 10.6 Å². The maximum absolute atomic E-state index is 12.9. The van der Waals surface area contributed by atoms with E-state index in [1.165, 1.54) is 23.1 Å². The molecule has 0 spiro atoms. The lowest BCUT2D eigenvalue weighted by atomic mass is 10.0. The number of benzene rings is 1. The Morgan fingerprint density at radius 1 is 1.30 bits per heavy atom. The van der Waals surface area contributed by atoms with Crippen LogP contribution in [-0.4, -0.2) is 26.8 Å². The summed E-state index contributed by atoms with van der Waals surface area (Å²) in [6.07, 6.45) is 4.36. The Morgan fingerprint density at radius 2 is 2.07 bits per heavy atom. The van der Waals surface area contributed by atoms with Gasteiger partial charge in [0.05, 0.1) is 5.69 Å². The van der Waals surface area contributed by atoms with Gasteiger partial charge >= 0.3 is 0 Å². The van der Waals surface area contributed by atoms with Gasteiger partial charge in [-0.2, -0.15) is 0 Å². The molecule has 0 radical (unpaired) electrons. The SMILES string of the molecule is CCCCC(CC)c1nnc(NC(=O)C2(C)Sc3ccccc3NC2=O)s1. The Bertz CT molecular complexity index is 839. The third-order valence-electron chi connectivity index (χ3n) is 4.73. The van der Waals surface area contributed by atoms with Crippen LogP contribution in [-0.2, 0) is 9.59 Å². The fraction of sp³-hybridized carbons (Fsp3) is 0.474. The Morgan fingerprint density at radius 3 is 2.81 bits per heavy atom. The highest BCUT2D eigenvalue weighted by molar-refractivity contribution is 8.02. The molecular formula is C19H24N4O2S2. The average molecular weight is 405 g/mol. The van der Waals surface area contributed by atoms with Crippen LogP contribution < -0.4 is 10.6 Å². The van der Waals surface area contributed by atoms with Gasteiger partial charge in [-0.1, -0.05) is 61.9 Å². The van der Waals surface area contributed by atoms with Crippen molar-refractivity contribution in [3.8, 4) is 0 Å². The maximum Gasteiger partial charge on any atom is 0.252 e. The van der Waals surface area contributed by atoms with Crippen molar-refractivity contribution in [1.82, 2.24) is 10.2 Å². The molecule has 0 saturated heterocycles. The first-order chi connectivity index (χ1) is 13.0. The van der Waals surface area contributed by atoms with Gasteiger partial charge in [0.1, 0.15) is 5.01 Å². The van der Waals surface area contributed by atoms with Crippen LogP contribution in [0.15, 0.2) is 29.2 Å². The van der Waals surface area contributed by atoms with Crippen molar-refractivity contribution in [1.29, 1.82) is 0 Å². The van der Waals surface area contributed by atoms with Gasteiger partial charge in [0, 0.05) is 10.8 Å². The summed E-state index contributed by atoms with van der Waals surface area (Å²) in [7, 11) is 0. The number of carbonyl (C=O) groups excluding carboxylic acids is 2. The van der Waals surface area contributed by atoms with Crippen molar-refractivity contribution in [3.63, 3.8) is 0 Å².